The summed E-state index contributed by atoms with van der Waals surface area (Å²) < 4.78 is 0. The van der Waals surface area contributed by atoms with Crippen LogP contribution >= 0.6 is 0 Å². The largest absolute Gasteiger partial charge is 0.369 e. The van der Waals surface area contributed by atoms with Gasteiger partial charge in [0, 0.05) is 30.7 Å². The molecular weight excluding hydrogens is 304 g/mol. The second kappa shape index (κ2) is 6.84. The molecule has 0 amide bonds. The third kappa shape index (κ3) is 4.07. The number of aryl methyl sites for hydroxylation is 2. The van der Waals surface area contributed by atoms with Gasteiger partial charge in [0.2, 0.25) is 0 Å². The molecule has 3 rings (SSSR count). The summed E-state index contributed by atoms with van der Waals surface area (Å²) in [5.74, 6) is 0.505. The number of hydrogen-bond donors (Lipinski definition) is 1. The van der Waals surface area contributed by atoms with Gasteiger partial charge in [-0.2, -0.15) is 0 Å². The maximum atomic E-state index is 6.42. The molecule has 2 nitrogen and oxygen atoms in total. The molecule has 2 aromatic carbocycles. The number of benzene rings is 2. The molecule has 2 atom stereocenters. The molecule has 25 heavy (non-hydrogen) atoms. The Labute approximate surface area is 153 Å². The van der Waals surface area contributed by atoms with Crippen LogP contribution in [-0.2, 0) is 5.41 Å². The molecule has 2 heteroatoms. The van der Waals surface area contributed by atoms with E-state index in [1.54, 1.807) is 0 Å². The zero-order valence-corrected chi connectivity index (χ0v) is 16.3. The molecule has 2 aromatic rings. The zero-order valence-electron chi connectivity index (χ0n) is 16.3. The lowest BCUT2D eigenvalue weighted by atomic mass is 9.85. The molecule has 0 bridgehead atoms. The highest BCUT2D eigenvalue weighted by Crippen LogP contribution is 2.32. The first-order chi connectivity index (χ1) is 11.7. The molecule has 134 valence electrons. The van der Waals surface area contributed by atoms with E-state index in [0.717, 1.165) is 19.5 Å². The number of hydrogen-bond acceptors (Lipinski definition) is 2. The molecule has 0 saturated carbocycles. The van der Waals surface area contributed by atoms with Gasteiger partial charge in [0.1, 0.15) is 0 Å². The fraction of sp³-hybridized carbons (Fsp3) is 0.478. The van der Waals surface area contributed by atoms with Crippen molar-refractivity contribution in [3.05, 3.63) is 64.7 Å². The van der Waals surface area contributed by atoms with Crippen molar-refractivity contribution in [3.63, 3.8) is 0 Å². The van der Waals surface area contributed by atoms with Gasteiger partial charge >= 0.3 is 0 Å². The van der Waals surface area contributed by atoms with Crippen molar-refractivity contribution in [1.29, 1.82) is 0 Å². The summed E-state index contributed by atoms with van der Waals surface area (Å²) in [6, 6.07) is 16.1. The molecule has 2 N–H and O–H groups in total. The third-order valence-electron chi connectivity index (χ3n) is 5.58. The van der Waals surface area contributed by atoms with Crippen LogP contribution in [0.3, 0.4) is 0 Å². The van der Waals surface area contributed by atoms with Gasteiger partial charge < -0.3 is 10.6 Å². The quantitative estimate of drug-likeness (QED) is 0.843. The molecule has 0 radical (unpaired) electrons. The Morgan fingerprint density at radius 2 is 1.60 bits per heavy atom. The fourth-order valence-corrected chi connectivity index (χ4v) is 3.78. The summed E-state index contributed by atoms with van der Waals surface area (Å²) >= 11 is 0. The van der Waals surface area contributed by atoms with Gasteiger partial charge in [0.25, 0.3) is 0 Å². The van der Waals surface area contributed by atoms with Crippen LogP contribution in [0.1, 0.15) is 55.4 Å². The Balaban J connectivity index is 1.81. The van der Waals surface area contributed by atoms with Gasteiger partial charge in [-0.15, -0.1) is 0 Å². The van der Waals surface area contributed by atoms with Crippen LogP contribution in [0.5, 0.6) is 0 Å². The van der Waals surface area contributed by atoms with E-state index in [4.69, 9.17) is 5.73 Å². The number of nitrogens with zero attached hydrogens (tertiary/aromatic N) is 1. The average molecular weight is 337 g/mol. The number of rotatable bonds is 2. The summed E-state index contributed by atoms with van der Waals surface area (Å²) in [7, 11) is 0. The standard InChI is InChI=1S/C23H32N2/c1-16-6-7-18(12-17(16)2)19-13-21(24)15-25(14-19)22-10-8-20(9-11-22)23(3,4)5/h6-12,19,21H,13-15,24H2,1-5H3. The maximum Gasteiger partial charge on any atom is 0.0367 e. The topological polar surface area (TPSA) is 29.3 Å². The van der Waals surface area contributed by atoms with Gasteiger partial charge in [0.15, 0.2) is 0 Å². The minimum absolute atomic E-state index is 0.193. The van der Waals surface area contributed by atoms with E-state index in [1.807, 2.05) is 0 Å². The van der Waals surface area contributed by atoms with E-state index < -0.39 is 0 Å². The van der Waals surface area contributed by atoms with Crippen molar-refractivity contribution >= 4 is 5.69 Å². The van der Waals surface area contributed by atoms with Crippen molar-refractivity contribution in [2.45, 2.75) is 58.4 Å². The van der Waals surface area contributed by atoms with Crippen LogP contribution in [0.4, 0.5) is 5.69 Å². The molecule has 0 spiro atoms. The predicted octanol–water partition coefficient (Wildman–Crippen LogP) is 4.92. The Morgan fingerprint density at radius 3 is 2.20 bits per heavy atom. The molecular formula is C23H32N2. The van der Waals surface area contributed by atoms with E-state index in [0.29, 0.717) is 5.92 Å². The second-order valence-corrected chi connectivity index (χ2v) is 8.74. The summed E-state index contributed by atoms with van der Waals surface area (Å²) in [6.07, 6.45) is 1.07. The lowest BCUT2D eigenvalue weighted by molar-refractivity contribution is 0.453. The van der Waals surface area contributed by atoms with Crippen molar-refractivity contribution in [1.82, 2.24) is 0 Å². The summed E-state index contributed by atoms with van der Waals surface area (Å²) in [4.78, 5) is 2.46. The van der Waals surface area contributed by atoms with Crippen LogP contribution < -0.4 is 10.6 Å². The van der Waals surface area contributed by atoms with Gasteiger partial charge in [-0.1, -0.05) is 51.1 Å². The van der Waals surface area contributed by atoms with Gasteiger partial charge in [-0.25, -0.2) is 0 Å². The average Bonchev–Trinajstić information content (AvgIpc) is 2.56. The Hall–Kier alpha value is -1.80. The van der Waals surface area contributed by atoms with E-state index in [2.05, 4.69) is 82.0 Å². The molecule has 1 fully saturated rings. The molecule has 0 aliphatic carbocycles. The number of piperidine rings is 1. The lowest BCUT2D eigenvalue weighted by Crippen LogP contribution is -2.46. The predicted molar refractivity (Wildman–Crippen MR) is 109 cm³/mol. The molecule has 1 heterocycles. The normalized spacial score (nSPS) is 21.4. The van der Waals surface area contributed by atoms with Crippen molar-refractivity contribution in [3.8, 4) is 0 Å². The van der Waals surface area contributed by atoms with Gasteiger partial charge in [-0.05, 0) is 60.1 Å². The first kappa shape index (κ1) is 18.0. The zero-order chi connectivity index (χ0) is 18.2. The van der Waals surface area contributed by atoms with Crippen LogP contribution in [0, 0.1) is 13.8 Å². The molecule has 0 aromatic heterocycles. The van der Waals surface area contributed by atoms with Crippen LogP contribution in [-0.4, -0.2) is 19.1 Å². The molecule has 1 aliphatic rings. The summed E-state index contributed by atoms with van der Waals surface area (Å²) in [6.45, 7) is 13.1. The highest BCUT2D eigenvalue weighted by atomic mass is 15.2. The fourth-order valence-electron chi connectivity index (χ4n) is 3.78. The van der Waals surface area contributed by atoms with Crippen molar-refractivity contribution in [2.24, 2.45) is 5.73 Å². The Morgan fingerprint density at radius 1 is 0.920 bits per heavy atom. The number of anilines is 1. The van der Waals surface area contributed by atoms with Crippen molar-refractivity contribution < 1.29 is 0 Å². The highest BCUT2D eigenvalue weighted by molar-refractivity contribution is 5.50. The van der Waals surface area contributed by atoms with Crippen LogP contribution in [0.15, 0.2) is 42.5 Å². The number of nitrogens with two attached hydrogens (primary N) is 1. The van der Waals surface area contributed by atoms with E-state index in [1.165, 1.54) is 27.9 Å². The van der Waals surface area contributed by atoms with E-state index >= 15 is 0 Å². The van der Waals surface area contributed by atoms with Gasteiger partial charge in [-0.3, -0.25) is 0 Å². The summed E-state index contributed by atoms with van der Waals surface area (Å²) in [5, 5.41) is 0. The molecule has 1 saturated heterocycles. The lowest BCUT2D eigenvalue weighted by Gasteiger charge is -2.38. The maximum absolute atomic E-state index is 6.42. The third-order valence-corrected chi connectivity index (χ3v) is 5.58. The SMILES string of the molecule is Cc1ccc(C2CC(N)CN(c3ccc(C(C)(C)C)cc3)C2)cc1C. The Kier molecular flexibility index (Phi) is 4.92. The van der Waals surface area contributed by atoms with Crippen LogP contribution in [0.2, 0.25) is 0 Å². The summed E-state index contributed by atoms with van der Waals surface area (Å²) in [5.41, 5.74) is 13.4. The highest BCUT2D eigenvalue weighted by Gasteiger charge is 2.27. The first-order valence-corrected chi connectivity index (χ1v) is 9.42. The minimum Gasteiger partial charge on any atom is -0.369 e. The molecule has 1 aliphatic heterocycles. The minimum atomic E-state index is 0.193. The smallest absolute Gasteiger partial charge is 0.0367 e. The van der Waals surface area contributed by atoms with Gasteiger partial charge in [0.05, 0.1) is 0 Å². The molecule has 2 unspecified atom stereocenters. The van der Waals surface area contributed by atoms with E-state index in [9.17, 15) is 0 Å². The first-order valence-electron chi connectivity index (χ1n) is 9.42. The Bertz CT molecular complexity index is 725. The van der Waals surface area contributed by atoms with E-state index in [-0.39, 0.29) is 11.5 Å². The second-order valence-electron chi connectivity index (χ2n) is 8.74. The monoisotopic (exact) mass is 336 g/mol. The van der Waals surface area contributed by atoms with Crippen molar-refractivity contribution in [2.75, 3.05) is 18.0 Å². The van der Waals surface area contributed by atoms with Crippen LogP contribution in [0.25, 0.3) is 0 Å².